The third kappa shape index (κ3) is 4.10. The van der Waals surface area contributed by atoms with Crippen LogP contribution in [0, 0.1) is 5.41 Å². The average molecular weight is 228 g/mol. The Balaban J connectivity index is 2.45. The van der Waals surface area contributed by atoms with Crippen LogP contribution in [-0.4, -0.2) is 50.2 Å². The van der Waals surface area contributed by atoms with Crippen LogP contribution in [0.25, 0.3) is 0 Å². The highest BCUT2D eigenvalue weighted by Crippen LogP contribution is 2.24. The van der Waals surface area contributed by atoms with Crippen molar-refractivity contribution >= 4 is 5.91 Å². The minimum atomic E-state index is 0.153. The van der Waals surface area contributed by atoms with E-state index >= 15 is 0 Å². The summed E-state index contributed by atoms with van der Waals surface area (Å²) in [6.45, 7) is 9.17. The molecule has 16 heavy (non-hydrogen) atoms. The Bertz CT molecular complexity index is 241. The van der Waals surface area contributed by atoms with Crippen molar-refractivity contribution < 1.29 is 9.53 Å². The fourth-order valence-electron chi connectivity index (χ4n) is 2.30. The number of nitrogens with one attached hydrogen (secondary N) is 1. The molecule has 0 aliphatic carbocycles. The van der Waals surface area contributed by atoms with Crippen molar-refractivity contribution in [1.82, 2.24) is 10.2 Å². The Morgan fingerprint density at radius 2 is 2.25 bits per heavy atom. The maximum atomic E-state index is 11.3. The van der Waals surface area contributed by atoms with E-state index in [1.54, 1.807) is 6.92 Å². The summed E-state index contributed by atoms with van der Waals surface area (Å²) >= 11 is 0. The highest BCUT2D eigenvalue weighted by molar-refractivity contribution is 5.73. The molecule has 1 amide bonds. The van der Waals surface area contributed by atoms with Gasteiger partial charge in [-0.1, -0.05) is 13.8 Å². The molecule has 4 heteroatoms. The molecule has 1 saturated heterocycles. The van der Waals surface area contributed by atoms with Crippen molar-refractivity contribution in [3.05, 3.63) is 0 Å². The van der Waals surface area contributed by atoms with E-state index in [-0.39, 0.29) is 17.4 Å². The number of nitrogens with zero attached hydrogens (tertiary/aromatic N) is 1. The first-order chi connectivity index (χ1) is 7.44. The van der Waals surface area contributed by atoms with Crippen LogP contribution in [0.1, 0.15) is 27.2 Å². The van der Waals surface area contributed by atoms with Gasteiger partial charge in [0.2, 0.25) is 5.91 Å². The normalized spacial score (nSPS) is 22.2. The van der Waals surface area contributed by atoms with Crippen LogP contribution in [0.15, 0.2) is 0 Å². The molecule has 1 atom stereocenters. The van der Waals surface area contributed by atoms with Crippen molar-refractivity contribution in [3.63, 3.8) is 0 Å². The Morgan fingerprint density at radius 1 is 1.56 bits per heavy atom. The van der Waals surface area contributed by atoms with E-state index in [2.05, 4.69) is 19.2 Å². The highest BCUT2D eigenvalue weighted by Gasteiger charge is 2.28. The van der Waals surface area contributed by atoms with Crippen LogP contribution >= 0.6 is 0 Å². The Labute approximate surface area is 98.3 Å². The SMILES string of the molecule is CNCC(C)(C)C[C@H]1CN(C(C)=O)CCO1. The van der Waals surface area contributed by atoms with E-state index < -0.39 is 0 Å². The third-order valence-electron chi connectivity index (χ3n) is 3.02. The van der Waals surface area contributed by atoms with Gasteiger partial charge >= 0.3 is 0 Å². The summed E-state index contributed by atoms with van der Waals surface area (Å²) < 4.78 is 5.72. The van der Waals surface area contributed by atoms with E-state index in [0.717, 1.165) is 26.1 Å². The number of hydrogen-bond acceptors (Lipinski definition) is 3. The number of carbonyl (C=O) groups excluding carboxylic acids is 1. The topological polar surface area (TPSA) is 41.6 Å². The molecule has 4 nitrogen and oxygen atoms in total. The van der Waals surface area contributed by atoms with E-state index in [4.69, 9.17) is 4.74 Å². The molecule has 0 aromatic heterocycles. The van der Waals surface area contributed by atoms with Crippen LogP contribution in [0.5, 0.6) is 0 Å². The van der Waals surface area contributed by atoms with Gasteiger partial charge in [-0.25, -0.2) is 0 Å². The second kappa shape index (κ2) is 5.64. The van der Waals surface area contributed by atoms with E-state index in [1.165, 1.54) is 0 Å². The standard InChI is InChI=1S/C12H24N2O2/c1-10(15)14-5-6-16-11(8-14)7-12(2,3)9-13-4/h11,13H,5-9H2,1-4H3/t11-/m0/s1. The largest absolute Gasteiger partial charge is 0.375 e. The predicted molar refractivity (Wildman–Crippen MR) is 64.3 cm³/mol. The third-order valence-corrected chi connectivity index (χ3v) is 3.02. The summed E-state index contributed by atoms with van der Waals surface area (Å²) in [5, 5.41) is 3.20. The lowest BCUT2D eigenvalue weighted by Gasteiger charge is -2.36. The van der Waals surface area contributed by atoms with Crippen molar-refractivity contribution in [2.24, 2.45) is 5.41 Å². The molecule has 0 bridgehead atoms. The molecular formula is C12H24N2O2. The molecule has 0 aromatic rings. The molecular weight excluding hydrogens is 204 g/mol. The zero-order valence-electron chi connectivity index (χ0n) is 10.9. The van der Waals surface area contributed by atoms with E-state index in [1.807, 2.05) is 11.9 Å². The van der Waals surface area contributed by atoms with Crippen LogP contribution < -0.4 is 5.32 Å². The quantitative estimate of drug-likeness (QED) is 0.776. The first-order valence-electron chi connectivity index (χ1n) is 5.96. The molecule has 1 aliphatic rings. The number of amides is 1. The Hall–Kier alpha value is -0.610. The number of carbonyl (C=O) groups is 1. The molecule has 0 saturated carbocycles. The molecule has 1 N–H and O–H groups in total. The van der Waals surface area contributed by atoms with E-state index in [9.17, 15) is 4.79 Å². The van der Waals surface area contributed by atoms with Crippen molar-refractivity contribution in [2.45, 2.75) is 33.3 Å². The summed E-state index contributed by atoms with van der Waals surface area (Å²) in [7, 11) is 1.96. The lowest BCUT2D eigenvalue weighted by molar-refractivity contribution is -0.137. The summed E-state index contributed by atoms with van der Waals surface area (Å²) in [5.41, 5.74) is 0.208. The van der Waals surface area contributed by atoms with Crippen molar-refractivity contribution in [2.75, 3.05) is 33.3 Å². The van der Waals surface area contributed by atoms with Gasteiger partial charge in [-0.05, 0) is 18.9 Å². The smallest absolute Gasteiger partial charge is 0.219 e. The lowest BCUT2D eigenvalue weighted by atomic mass is 9.86. The van der Waals surface area contributed by atoms with Gasteiger partial charge in [-0.3, -0.25) is 4.79 Å². The first kappa shape index (κ1) is 13.5. The van der Waals surface area contributed by atoms with Gasteiger partial charge in [-0.2, -0.15) is 0 Å². The summed E-state index contributed by atoms with van der Waals surface area (Å²) in [4.78, 5) is 13.2. The minimum absolute atomic E-state index is 0.153. The monoisotopic (exact) mass is 228 g/mol. The molecule has 1 fully saturated rings. The van der Waals surface area contributed by atoms with Gasteiger partial charge in [0.15, 0.2) is 0 Å². The van der Waals surface area contributed by atoms with Gasteiger partial charge in [0.25, 0.3) is 0 Å². The fourth-order valence-corrected chi connectivity index (χ4v) is 2.30. The molecule has 0 radical (unpaired) electrons. The van der Waals surface area contributed by atoms with Gasteiger partial charge < -0.3 is 15.0 Å². The lowest BCUT2D eigenvalue weighted by Crippen LogP contribution is -2.46. The number of morpholine rings is 1. The second-order valence-electron chi connectivity index (χ2n) is 5.36. The Kier molecular flexibility index (Phi) is 4.74. The Morgan fingerprint density at radius 3 is 2.81 bits per heavy atom. The molecule has 1 aliphatic heterocycles. The van der Waals surface area contributed by atoms with Gasteiger partial charge in [0.1, 0.15) is 0 Å². The zero-order chi connectivity index (χ0) is 12.2. The molecule has 1 rings (SSSR count). The summed E-state index contributed by atoms with van der Waals surface area (Å²) in [5.74, 6) is 0.153. The maximum Gasteiger partial charge on any atom is 0.219 e. The van der Waals surface area contributed by atoms with Crippen LogP contribution in [0.3, 0.4) is 0 Å². The molecule has 0 unspecified atom stereocenters. The summed E-state index contributed by atoms with van der Waals surface area (Å²) in [6.07, 6.45) is 1.17. The fraction of sp³-hybridized carbons (Fsp3) is 0.917. The van der Waals surface area contributed by atoms with Crippen molar-refractivity contribution in [3.8, 4) is 0 Å². The van der Waals surface area contributed by atoms with Gasteiger partial charge in [0, 0.05) is 26.6 Å². The summed E-state index contributed by atoms with van der Waals surface area (Å²) in [6, 6.07) is 0. The molecule has 1 heterocycles. The van der Waals surface area contributed by atoms with Gasteiger partial charge in [-0.15, -0.1) is 0 Å². The van der Waals surface area contributed by atoms with E-state index in [0.29, 0.717) is 6.61 Å². The van der Waals surface area contributed by atoms with Crippen LogP contribution in [-0.2, 0) is 9.53 Å². The zero-order valence-corrected chi connectivity index (χ0v) is 10.9. The van der Waals surface area contributed by atoms with Gasteiger partial charge in [0.05, 0.1) is 12.7 Å². The number of rotatable bonds is 4. The van der Waals surface area contributed by atoms with Crippen LogP contribution in [0.2, 0.25) is 0 Å². The number of hydrogen-bond donors (Lipinski definition) is 1. The van der Waals surface area contributed by atoms with Crippen LogP contribution in [0.4, 0.5) is 0 Å². The maximum absolute atomic E-state index is 11.3. The highest BCUT2D eigenvalue weighted by atomic mass is 16.5. The predicted octanol–water partition coefficient (Wildman–Crippen LogP) is 0.869. The average Bonchev–Trinajstić information content (AvgIpc) is 2.17. The molecule has 0 spiro atoms. The molecule has 94 valence electrons. The first-order valence-corrected chi connectivity index (χ1v) is 5.96. The van der Waals surface area contributed by atoms with Crippen molar-refractivity contribution in [1.29, 1.82) is 0 Å². The number of ether oxygens (including phenoxy) is 1. The minimum Gasteiger partial charge on any atom is -0.375 e. The second-order valence-corrected chi connectivity index (χ2v) is 5.36. The molecule has 0 aromatic carbocycles.